The first-order chi connectivity index (χ1) is 9.69. The molecule has 1 unspecified atom stereocenters. The lowest BCUT2D eigenvalue weighted by atomic mass is 10.2. The van der Waals surface area contributed by atoms with Crippen LogP contribution in [0, 0.1) is 0 Å². The van der Waals surface area contributed by atoms with E-state index >= 15 is 0 Å². The Bertz CT molecular complexity index is 421. The maximum atomic E-state index is 12.1. The predicted octanol–water partition coefficient (Wildman–Crippen LogP) is 1.26. The highest BCUT2D eigenvalue weighted by molar-refractivity contribution is 5.82. The Morgan fingerprint density at radius 2 is 2.30 bits per heavy atom. The molecule has 1 saturated heterocycles. The first-order valence-electron chi connectivity index (χ1n) is 7.68. The lowest BCUT2D eigenvalue weighted by Crippen LogP contribution is -2.33. The molecule has 0 aliphatic carbocycles. The summed E-state index contributed by atoms with van der Waals surface area (Å²) in [6.07, 6.45) is 4.60. The van der Waals surface area contributed by atoms with Gasteiger partial charge in [0.25, 0.3) is 0 Å². The highest BCUT2D eigenvalue weighted by atomic mass is 16.1. The van der Waals surface area contributed by atoms with Gasteiger partial charge in [-0.1, -0.05) is 6.92 Å². The molecular formula is C15H26N4O. The summed E-state index contributed by atoms with van der Waals surface area (Å²) in [6.45, 7) is 8.86. The number of ketones is 1. The minimum absolute atomic E-state index is 0.265. The van der Waals surface area contributed by atoms with E-state index in [2.05, 4.69) is 29.2 Å². The Kier molecular flexibility index (Phi) is 5.73. The molecule has 5 nitrogen and oxygen atoms in total. The van der Waals surface area contributed by atoms with Gasteiger partial charge in [0, 0.05) is 25.3 Å². The molecule has 0 bridgehead atoms. The van der Waals surface area contributed by atoms with Crippen molar-refractivity contribution in [3.63, 3.8) is 0 Å². The monoisotopic (exact) mass is 278 g/mol. The Morgan fingerprint density at radius 1 is 1.45 bits per heavy atom. The van der Waals surface area contributed by atoms with Gasteiger partial charge in [-0.3, -0.25) is 14.4 Å². The van der Waals surface area contributed by atoms with Crippen LogP contribution in [-0.4, -0.2) is 53.2 Å². The predicted molar refractivity (Wildman–Crippen MR) is 79.9 cm³/mol. The van der Waals surface area contributed by atoms with E-state index in [-0.39, 0.29) is 5.78 Å². The summed E-state index contributed by atoms with van der Waals surface area (Å²) in [4.78, 5) is 14.4. The summed E-state index contributed by atoms with van der Waals surface area (Å²) in [5.41, 5.74) is 0.892. The highest BCUT2D eigenvalue weighted by Crippen LogP contribution is 2.09. The van der Waals surface area contributed by atoms with Gasteiger partial charge < -0.3 is 5.32 Å². The van der Waals surface area contributed by atoms with Crippen molar-refractivity contribution >= 4 is 5.78 Å². The zero-order valence-corrected chi connectivity index (χ0v) is 12.6. The Hall–Kier alpha value is -1.20. The summed E-state index contributed by atoms with van der Waals surface area (Å²) in [7, 11) is 0. The second-order valence-electron chi connectivity index (χ2n) is 5.64. The molecule has 0 radical (unpaired) electrons. The van der Waals surface area contributed by atoms with E-state index < -0.39 is 0 Å². The lowest BCUT2D eigenvalue weighted by molar-refractivity contribution is -0.119. The number of nitrogens with one attached hydrogen (secondary N) is 1. The minimum atomic E-state index is 0.265. The molecule has 0 amide bonds. The topological polar surface area (TPSA) is 50.2 Å². The average molecular weight is 278 g/mol. The van der Waals surface area contributed by atoms with Crippen LogP contribution in [0.2, 0.25) is 0 Å². The van der Waals surface area contributed by atoms with Crippen LogP contribution >= 0.6 is 0 Å². The molecule has 0 saturated carbocycles. The van der Waals surface area contributed by atoms with Crippen LogP contribution in [0.25, 0.3) is 0 Å². The number of hydrogen-bond donors (Lipinski definition) is 1. The van der Waals surface area contributed by atoms with Crippen molar-refractivity contribution in [3.8, 4) is 0 Å². The third-order valence-electron chi connectivity index (χ3n) is 3.92. The van der Waals surface area contributed by atoms with Gasteiger partial charge in [-0.05, 0) is 38.9 Å². The molecule has 5 heteroatoms. The highest BCUT2D eigenvalue weighted by Gasteiger charge is 2.14. The fourth-order valence-electron chi connectivity index (χ4n) is 2.47. The van der Waals surface area contributed by atoms with Gasteiger partial charge in [-0.2, -0.15) is 5.10 Å². The van der Waals surface area contributed by atoms with E-state index in [1.807, 2.05) is 16.9 Å². The molecule has 1 N–H and O–H groups in total. The maximum absolute atomic E-state index is 12.1. The summed E-state index contributed by atoms with van der Waals surface area (Å²) in [5, 5.41) is 7.85. The minimum Gasteiger partial charge on any atom is -0.315 e. The van der Waals surface area contributed by atoms with Crippen molar-refractivity contribution < 1.29 is 4.79 Å². The second-order valence-corrected chi connectivity index (χ2v) is 5.64. The molecule has 1 aliphatic heterocycles. The Balaban J connectivity index is 1.82. The van der Waals surface area contributed by atoms with Gasteiger partial charge in [0.05, 0.1) is 18.7 Å². The van der Waals surface area contributed by atoms with Gasteiger partial charge in [0.15, 0.2) is 5.78 Å². The molecule has 1 aromatic heterocycles. The molecular weight excluding hydrogens is 252 g/mol. The van der Waals surface area contributed by atoms with Crippen LogP contribution in [0.4, 0.5) is 0 Å². The number of rotatable bonds is 6. The van der Waals surface area contributed by atoms with Gasteiger partial charge in [-0.15, -0.1) is 0 Å². The molecule has 20 heavy (non-hydrogen) atoms. The van der Waals surface area contributed by atoms with Crippen molar-refractivity contribution in [2.75, 3.05) is 32.7 Å². The number of carbonyl (C=O) groups is 1. The van der Waals surface area contributed by atoms with Crippen molar-refractivity contribution in [2.24, 2.45) is 0 Å². The van der Waals surface area contributed by atoms with Gasteiger partial charge >= 0.3 is 0 Å². The number of hydrogen-bond acceptors (Lipinski definition) is 4. The fraction of sp³-hybridized carbons (Fsp3) is 0.733. The van der Waals surface area contributed by atoms with E-state index in [4.69, 9.17) is 0 Å². The Morgan fingerprint density at radius 3 is 3.10 bits per heavy atom. The molecule has 112 valence electrons. The quantitative estimate of drug-likeness (QED) is 0.851. The molecule has 1 aliphatic rings. The number of carbonyl (C=O) groups excluding carboxylic acids is 1. The van der Waals surface area contributed by atoms with E-state index in [1.54, 1.807) is 0 Å². The second kappa shape index (κ2) is 7.55. The summed E-state index contributed by atoms with van der Waals surface area (Å²) in [5.74, 6) is 0.265. The largest absolute Gasteiger partial charge is 0.315 e. The maximum Gasteiger partial charge on any atom is 0.152 e. The lowest BCUT2D eigenvalue weighted by Gasteiger charge is -2.17. The van der Waals surface area contributed by atoms with E-state index in [1.165, 1.54) is 0 Å². The van der Waals surface area contributed by atoms with Crippen molar-refractivity contribution in [1.82, 2.24) is 20.0 Å². The first kappa shape index (κ1) is 15.2. The van der Waals surface area contributed by atoms with Crippen molar-refractivity contribution in [1.29, 1.82) is 0 Å². The van der Waals surface area contributed by atoms with E-state index in [9.17, 15) is 4.79 Å². The standard InChI is InChI=1S/C15H26N4O/c1-3-13(2)19-9-5-14(17-19)11-15(20)12-18-8-4-6-16-7-10-18/h5,9,13,16H,3-4,6-8,10-12H2,1-2H3. The van der Waals surface area contributed by atoms with Gasteiger partial charge in [0.1, 0.15) is 0 Å². The molecule has 0 aromatic carbocycles. The van der Waals surface area contributed by atoms with E-state index in [0.29, 0.717) is 19.0 Å². The van der Waals surface area contributed by atoms with Gasteiger partial charge in [-0.25, -0.2) is 0 Å². The van der Waals surface area contributed by atoms with Crippen molar-refractivity contribution in [2.45, 2.75) is 39.2 Å². The zero-order valence-electron chi connectivity index (χ0n) is 12.6. The van der Waals surface area contributed by atoms with Crippen molar-refractivity contribution in [3.05, 3.63) is 18.0 Å². The number of aromatic nitrogens is 2. The van der Waals surface area contributed by atoms with Gasteiger partial charge in [0.2, 0.25) is 0 Å². The number of Topliss-reactive ketones (excluding diaryl/α,β-unsaturated/α-hetero) is 1. The normalized spacial score (nSPS) is 18.7. The average Bonchev–Trinajstić information content (AvgIpc) is 2.74. The molecule has 2 heterocycles. The first-order valence-corrected chi connectivity index (χ1v) is 7.68. The summed E-state index contributed by atoms with van der Waals surface area (Å²) >= 11 is 0. The number of nitrogens with zero attached hydrogens (tertiary/aromatic N) is 3. The SMILES string of the molecule is CCC(C)n1ccc(CC(=O)CN2CCCNCC2)n1. The summed E-state index contributed by atoms with van der Waals surface area (Å²) < 4.78 is 1.96. The Labute approximate surface area is 121 Å². The van der Waals surface area contributed by atoms with Crippen LogP contribution in [0.3, 0.4) is 0 Å². The third kappa shape index (κ3) is 4.42. The fourth-order valence-corrected chi connectivity index (χ4v) is 2.47. The smallest absolute Gasteiger partial charge is 0.152 e. The van der Waals surface area contributed by atoms with Crippen LogP contribution in [0.1, 0.15) is 38.4 Å². The zero-order chi connectivity index (χ0) is 14.4. The van der Waals surface area contributed by atoms with Crippen LogP contribution < -0.4 is 5.32 Å². The molecule has 1 fully saturated rings. The molecule has 2 rings (SSSR count). The van der Waals surface area contributed by atoms with Crippen LogP contribution in [0.5, 0.6) is 0 Å². The molecule has 1 aromatic rings. The third-order valence-corrected chi connectivity index (χ3v) is 3.92. The van der Waals surface area contributed by atoms with E-state index in [0.717, 1.165) is 44.7 Å². The molecule has 1 atom stereocenters. The summed E-state index contributed by atoms with van der Waals surface area (Å²) in [6, 6.07) is 2.36. The van der Waals surface area contributed by atoms with Crippen LogP contribution in [0.15, 0.2) is 12.3 Å². The van der Waals surface area contributed by atoms with Crippen LogP contribution in [-0.2, 0) is 11.2 Å². The molecule has 0 spiro atoms.